The van der Waals surface area contributed by atoms with Crippen molar-refractivity contribution in [1.29, 1.82) is 0 Å². The predicted octanol–water partition coefficient (Wildman–Crippen LogP) is 3.18. The third-order valence-electron chi connectivity index (χ3n) is 3.35. The molecule has 0 aliphatic carbocycles. The summed E-state index contributed by atoms with van der Waals surface area (Å²) in [6.07, 6.45) is 1.01. The summed E-state index contributed by atoms with van der Waals surface area (Å²) in [4.78, 5) is 0. The van der Waals surface area contributed by atoms with E-state index in [0.29, 0.717) is 23.2 Å². The average molecular weight is 290 g/mol. The van der Waals surface area contributed by atoms with Crippen LogP contribution in [0.3, 0.4) is 0 Å². The minimum absolute atomic E-state index is 0. The highest BCUT2D eigenvalue weighted by Gasteiger charge is 2.22. The minimum Gasteiger partial charge on any atom is -0.493 e. The average Bonchev–Trinajstić information content (AvgIpc) is 2.43. The van der Waals surface area contributed by atoms with E-state index in [1.54, 1.807) is 21.3 Å². The van der Waals surface area contributed by atoms with Gasteiger partial charge in [-0.25, -0.2) is 0 Å². The van der Waals surface area contributed by atoms with E-state index in [-0.39, 0.29) is 18.4 Å². The molecular formula is C14H24ClNO3. The maximum atomic E-state index is 6.26. The topological polar surface area (TPSA) is 53.7 Å². The van der Waals surface area contributed by atoms with Gasteiger partial charge in [0.15, 0.2) is 11.5 Å². The van der Waals surface area contributed by atoms with Crippen LogP contribution < -0.4 is 19.9 Å². The summed E-state index contributed by atoms with van der Waals surface area (Å²) in [5, 5.41) is 0. The molecule has 110 valence electrons. The Kier molecular flexibility index (Phi) is 7.64. The third-order valence-corrected chi connectivity index (χ3v) is 3.35. The van der Waals surface area contributed by atoms with Gasteiger partial charge >= 0.3 is 0 Å². The van der Waals surface area contributed by atoms with Gasteiger partial charge in [0.2, 0.25) is 5.75 Å². The highest BCUT2D eigenvalue weighted by atomic mass is 35.5. The van der Waals surface area contributed by atoms with E-state index in [1.165, 1.54) is 0 Å². The molecular weight excluding hydrogens is 266 g/mol. The summed E-state index contributed by atoms with van der Waals surface area (Å²) < 4.78 is 16.1. The van der Waals surface area contributed by atoms with Crippen molar-refractivity contribution in [2.75, 3.05) is 21.3 Å². The molecule has 1 aromatic rings. The lowest BCUT2D eigenvalue weighted by molar-refractivity contribution is 0.317. The second kappa shape index (κ2) is 8.12. The lowest BCUT2D eigenvalue weighted by Crippen LogP contribution is -2.19. The van der Waals surface area contributed by atoms with Crippen molar-refractivity contribution in [2.24, 2.45) is 11.7 Å². The van der Waals surface area contributed by atoms with Crippen molar-refractivity contribution in [3.63, 3.8) is 0 Å². The lowest BCUT2D eigenvalue weighted by atomic mass is 9.92. The zero-order chi connectivity index (χ0) is 13.7. The Bertz CT molecular complexity index is 399. The molecule has 0 aliphatic heterocycles. The number of hydrogen-bond acceptors (Lipinski definition) is 4. The Morgan fingerprint density at radius 3 is 2.05 bits per heavy atom. The SMILES string of the molecule is CCC(C)[C@@H](N)c1ccc(OC)c(OC)c1OC.Cl. The van der Waals surface area contributed by atoms with Crippen LogP contribution in [0.5, 0.6) is 17.2 Å². The van der Waals surface area contributed by atoms with Crippen molar-refractivity contribution < 1.29 is 14.2 Å². The van der Waals surface area contributed by atoms with E-state index >= 15 is 0 Å². The number of halogens is 1. The van der Waals surface area contributed by atoms with Crippen LogP contribution in [0.15, 0.2) is 12.1 Å². The van der Waals surface area contributed by atoms with Crippen molar-refractivity contribution >= 4 is 12.4 Å². The fraction of sp³-hybridized carbons (Fsp3) is 0.571. The normalized spacial score (nSPS) is 13.2. The number of benzene rings is 1. The monoisotopic (exact) mass is 289 g/mol. The first kappa shape index (κ1) is 17.9. The fourth-order valence-corrected chi connectivity index (χ4v) is 1.95. The quantitative estimate of drug-likeness (QED) is 0.874. The van der Waals surface area contributed by atoms with Crippen LogP contribution in [0.2, 0.25) is 0 Å². The summed E-state index contributed by atoms with van der Waals surface area (Å²) in [7, 11) is 4.81. The van der Waals surface area contributed by atoms with Gasteiger partial charge in [0.05, 0.1) is 21.3 Å². The van der Waals surface area contributed by atoms with Crippen molar-refractivity contribution in [3.05, 3.63) is 17.7 Å². The van der Waals surface area contributed by atoms with Gasteiger partial charge in [0, 0.05) is 11.6 Å². The number of nitrogens with two attached hydrogens (primary N) is 1. The number of rotatable bonds is 6. The van der Waals surface area contributed by atoms with Gasteiger partial charge in [-0.1, -0.05) is 20.3 Å². The van der Waals surface area contributed by atoms with E-state index in [1.807, 2.05) is 12.1 Å². The molecule has 5 heteroatoms. The molecule has 0 heterocycles. The molecule has 4 nitrogen and oxygen atoms in total. The summed E-state index contributed by atoms with van der Waals surface area (Å²) in [5.74, 6) is 2.27. The van der Waals surface area contributed by atoms with Gasteiger partial charge in [-0.3, -0.25) is 0 Å². The molecule has 0 aliphatic rings. The molecule has 0 bridgehead atoms. The lowest BCUT2D eigenvalue weighted by Gasteiger charge is -2.23. The highest BCUT2D eigenvalue weighted by molar-refractivity contribution is 5.85. The highest BCUT2D eigenvalue weighted by Crippen LogP contribution is 2.43. The summed E-state index contributed by atoms with van der Waals surface area (Å²) in [5.41, 5.74) is 7.21. The third kappa shape index (κ3) is 3.67. The fourth-order valence-electron chi connectivity index (χ4n) is 1.95. The van der Waals surface area contributed by atoms with Crippen LogP contribution >= 0.6 is 12.4 Å². The summed E-state index contributed by atoms with van der Waals surface area (Å²) >= 11 is 0. The molecule has 1 unspecified atom stereocenters. The van der Waals surface area contributed by atoms with E-state index < -0.39 is 0 Å². The maximum Gasteiger partial charge on any atom is 0.203 e. The Morgan fingerprint density at radius 1 is 1.05 bits per heavy atom. The predicted molar refractivity (Wildman–Crippen MR) is 79.7 cm³/mol. The van der Waals surface area contributed by atoms with Crippen LogP contribution in [0.1, 0.15) is 31.9 Å². The van der Waals surface area contributed by atoms with E-state index in [2.05, 4.69) is 13.8 Å². The molecule has 2 atom stereocenters. The van der Waals surface area contributed by atoms with Crippen molar-refractivity contribution in [2.45, 2.75) is 26.3 Å². The van der Waals surface area contributed by atoms with Crippen molar-refractivity contribution in [1.82, 2.24) is 0 Å². The number of hydrogen-bond donors (Lipinski definition) is 1. The Labute approximate surface area is 121 Å². The van der Waals surface area contributed by atoms with Gasteiger partial charge in [0.1, 0.15) is 0 Å². The Balaban J connectivity index is 0.00000324. The summed E-state index contributed by atoms with van der Waals surface area (Å²) in [6, 6.07) is 3.72. The summed E-state index contributed by atoms with van der Waals surface area (Å²) in [6.45, 7) is 4.25. The van der Waals surface area contributed by atoms with Gasteiger partial charge in [-0.05, 0) is 18.1 Å². The zero-order valence-corrected chi connectivity index (χ0v) is 13.0. The molecule has 0 spiro atoms. The first-order valence-corrected chi connectivity index (χ1v) is 6.15. The number of ether oxygens (including phenoxy) is 3. The molecule has 0 fully saturated rings. The Morgan fingerprint density at radius 2 is 1.63 bits per heavy atom. The van der Waals surface area contributed by atoms with Gasteiger partial charge in [-0.15, -0.1) is 12.4 Å². The molecule has 0 saturated carbocycles. The largest absolute Gasteiger partial charge is 0.493 e. The van der Waals surface area contributed by atoms with E-state index in [9.17, 15) is 0 Å². The van der Waals surface area contributed by atoms with Crippen LogP contribution in [0.25, 0.3) is 0 Å². The van der Waals surface area contributed by atoms with Crippen LogP contribution in [0.4, 0.5) is 0 Å². The maximum absolute atomic E-state index is 6.26. The minimum atomic E-state index is -0.0789. The number of methoxy groups -OCH3 is 3. The van der Waals surface area contributed by atoms with Crippen molar-refractivity contribution in [3.8, 4) is 17.2 Å². The van der Waals surface area contributed by atoms with Crippen LogP contribution in [-0.2, 0) is 0 Å². The van der Waals surface area contributed by atoms with E-state index in [4.69, 9.17) is 19.9 Å². The van der Waals surface area contributed by atoms with Gasteiger partial charge in [-0.2, -0.15) is 0 Å². The Hall–Kier alpha value is -1.13. The molecule has 1 aromatic carbocycles. The smallest absolute Gasteiger partial charge is 0.203 e. The zero-order valence-electron chi connectivity index (χ0n) is 12.2. The standard InChI is InChI=1S/C14H23NO3.ClH/c1-6-9(2)12(15)10-7-8-11(16-3)14(18-5)13(10)17-4;/h7-9,12H,6,15H2,1-5H3;1H/t9?,12-;/m1./s1. The van der Waals surface area contributed by atoms with Crippen LogP contribution in [0, 0.1) is 5.92 Å². The van der Waals surface area contributed by atoms with Gasteiger partial charge < -0.3 is 19.9 Å². The van der Waals surface area contributed by atoms with Crippen LogP contribution in [-0.4, -0.2) is 21.3 Å². The molecule has 19 heavy (non-hydrogen) atoms. The first-order chi connectivity index (χ1) is 8.60. The van der Waals surface area contributed by atoms with Gasteiger partial charge in [0.25, 0.3) is 0 Å². The molecule has 0 radical (unpaired) electrons. The van der Waals surface area contributed by atoms with E-state index in [0.717, 1.165) is 12.0 Å². The second-order valence-electron chi connectivity index (χ2n) is 4.33. The molecule has 0 aromatic heterocycles. The molecule has 0 amide bonds. The molecule has 0 saturated heterocycles. The molecule has 2 N–H and O–H groups in total. The first-order valence-electron chi connectivity index (χ1n) is 6.15. The second-order valence-corrected chi connectivity index (χ2v) is 4.33. The molecule has 1 rings (SSSR count).